The van der Waals surface area contributed by atoms with E-state index in [0.29, 0.717) is 12.0 Å². The Morgan fingerprint density at radius 2 is 2.00 bits per heavy atom. The molecule has 21 heavy (non-hydrogen) atoms. The van der Waals surface area contributed by atoms with Crippen molar-refractivity contribution in [2.24, 2.45) is 5.92 Å². The second-order valence-electron chi connectivity index (χ2n) is 7.07. The first-order valence-electron chi connectivity index (χ1n) is 8.10. The molecule has 1 unspecified atom stereocenters. The molecule has 0 aliphatic carbocycles. The van der Waals surface area contributed by atoms with Gasteiger partial charge in [0.2, 0.25) is 0 Å². The van der Waals surface area contributed by atoms with Crippen LogP contribution in [0, 0.1) is 5.92 Å². The highest BCUT2D eigenvalue weighted by Gasteiger charge is 2.33. The lowest BCUT2D eigenvalue weighted by Gasteiger charge is -2.46. The molecule has 1 heterocycles. The van der Waals surface area contributed by atoms with Crippen LogP contribution in [0.1, 0.15) is 39.3 Å². The fourth-order valence-corrected chi connectivity index (χ4v) is 2.81. The fraction of sp³-hybridized carbons (Fsp3) is 0.667. The molecular formula is C18H30N2O. The number of nitrogens with one attached hydrogen (secondary N) is 1. The van der Waals surface area contributed by atoms with Crippen LogP contribution in [0.3, 0.4) is 0 Å². The minimum atomic E-state index is 0.187. The Morgan fingerprint density at radius 3 is 2.67 bits per heavy atom. The van der Waals surface area contributed by atoms with Crippen molar-refractivity contribution in [3.05, 3.63) is 35.9 Å². The van der Waals surface area contributed by atoms with Gasteiger partial charge in [0.05, 0.1) is 6.61 Å². The van der Waals surface area contributed by atoms with Crippen LogP contribution in [-0.2, 0) is 4.74 Å². The van der Waals surface area contributed by atoms with Crippen LogP contribution in [-0.4, -0.2) is 43.3 Å². The summed E-state index contributed by atoms with van der Waals surface area (Å²) >= 11 is 0. The van der Waals surface area contributed by atoms with Gasteiger partial charge in [-0.05, 0) is 25.3 Å². The van der Waals surface area contributed by atoms with Crippen molar-refractivity contribution in [2.75, 3.05) is 32.8 Å². The zero-order chi connectivity index (χ0) is 15.3. The van der Waals surface area contributed by atoms with Crippen molar-refractivity contribution in [3.8, 4) is 0 Å². The molecular weight excluding hydrogens is 260 g/mol. The third-order valence-corrected chi connectivity index (χ3v) is 4.20. The Kier molecular flexibility index (Phi) is 5.80. The van der Waals surface area contributed by atoms with E-state index in [1.807, 2.05) is 0 Å². The molecule has 2 rings (SSSR count). The van der Waals surface area contributed by atoms with Gasteiger partial charge in [-0.3, -0.25) is 4.90 Å². The maximum absolute atomic E-state index is 5.77. The van der Waals surface area contributed by atoms with Crippen molar-refractivity contribution < 1.29 is 4.74 Å². The number of nitrogens with zero attached hydrogens (tertiary/aromatic N) is 1. The Morgan fingerprint density at radius 1 is 1.29 bits per heavy atom. The van der Waals surface area contributed by atoms with Crippen LogP contribution in [0.25, 0.3) is 0 Å². The highest BCUT2D eigenvalue weighted by molar-refractivity contribution is 5.20. The molecule has 1 saturated heterocycles. The third-order valence-electron chi connectivity index (χ3n) is 4.20. The average Bonchev–Trinajstić information content (AvgIpc) is 2.45. The lowest BCUT2D eigenvalue weighted by molar-refractivity contribution is 0.0227. The molecule has 0 amide bonds. The largest absolute Gasteiger partial charge is 0.380 e. The summed E-state index contributed by atoms with van der Waals surface area (Å²) in [6.45, 7) is 13.7. The van der Waals surface area contributed by atoms with Gasteiger partial charge in [-0.15, -0.1) is 0 Å². The van der Waals surface area contributed by atoms with Crippen molar-refractivity contribution in [1.82, 2.24) is 10.2 Å². The normalized spacial score (nSPS) is 22.6. The maximum atomic E-state index is 5.77. The zero-order valence-electron chi connectivity index (χ0n) is 13.9. The molecule has 118 valence electrons. The first-order chi connectivity index (χ1) is 9.99. The maximum Gasteiger partial charge on any atom is 0.0593 e. The second kappa shape index (κ2) is 7.39. The fourth-order valence-electron chi connectivity index (χ4n) is 2.81. The molecule has 1 fully saturated rings. The van der Waals surface area contributed by atoms with Crippen molar-refractivity contribution in [2.45, 2.75) is 39.3 Å². The van der Waals surface area contributed by atoms with E-state index in [4.69, 9.17) is 4.74 Å². The topological polar surface area (TPSA) is 24.5 Å². The van der Waals surface area contributed by atoms with E-state index in [2.05, 4.69) is 68.2 Å². The predicted octanol–water partition coefficient (Wildman–Crippen LogP) is 3.08. The third kappa shape index (κ3) is 4.80. The molecule has 1 aromatic rings. The number of piperazine rings is 1. The van der Waals surface area contributed by atoms with Crippen molar-refractivity contribution in [1.29, 1.82) is 0 Å². The predicted molar refractivity (Wildman–Crippen MR) is 88.5 cm³/mol. The summed E-state index contributed by atoms with van der Waals surface area (Å²) in [7, 11) is 0. The van der Waals surface area contributed by atoms with Gasteiger partial charge < -0.3 is 10.1 Å². The lowest BCUT2D eigenvalue weighted by atomic mass is 9.94. The molecule has 0 saturated carbocycles. The SMILES string of the molecule is CC(C)COCCN1CC(c2ccccc2)NCC1(C)C. The second-order valence-corrected chi connectivity index (χ2v) is 7.07. The number of hydrogen-bond acceptors (Lipinski definition) is 3. The summed E-state index contributed by atoms with van der Waals surface area (Å²) < 4.78 is 5.77. The average molecular weight is 290 g/mol. The lowest BCUT2D eigenvalue weighted by Crippen LogP contribution is -2.59. The van der Waals surface area contributed by atoms with Crippen LogP contribution in [0.4, 0.5) is 0 Å². The molecule has 0 radical (unpaired) electrons. The molecule has 1 aromatic carbocycles. The summed E-state index contributed by atoms with van der Waals surface area (Å²) in [5, 5.41) is 3.68. The van der Waals surface area contributed by atoms with Gasteiger partial charge in [0.1, 0.15) is 0 Å². The first kappa shape index (κ1) is 16.5. The molecule has 3 nitrogen and oxygen atoms in total. The molecule has 0 bridgehead atoms. The van der Waals surface area contributed by atoms with Crippen LogP contribution < -0.4 is 5.32 Å². The number of benzene rings is 1. The van der Waals surface area contributed by atoms with Gasteiger partial charge in [0.25, 0.3) is 0 Å². The molecule has 1 N–H and O–H groups in total. The number of rotatable bonds is 6. The first-order valence-corrected chi connectivity index (χ1v) is 8.10. The van der Waals surface area contributed by atoms with Crippen LogP contribution >= 0.6 is 0 Å². The summed E-state index contributed by atoms with van der Waals surface area (Å²) in [6.07, 6.45) is 0. The number of ether oxygens (including phenoxy) is 1. The van der Waals surface area contributed by atoms with Gasteiger partial charge in [-0.1, -0.05) is 44.2 Å². The van der Waals surface area contributed by atoms with Crippen LogP contribution in [0.5, 0.6) is 0 Å². The minimum absolute atomic E-state index is 0.187. The van der Waals surface area contributed by atoms with Gasteiger partial charge >= 0.3 is 0 Å². The molecule has 1 atom stereocenters. The van der Waals surface area contributed by atoms with Gasteiger partial charge in [0.15, 0.2) is 0 Å². The van der Waals surface area contributed by atoms with Crippen LogP contribution in [0.2, 0.25) is 0 Å². The van der Waals surface area contributed by atoms with E-state index in [9.17, 15) is 0 Å². The Labute approximate surface area is 129 Å². The molecule has 1 aliphatic heterocycles. The highest BCUT2D eigenvalue weighted by atomic mass is 16.5. The molecule has 3 heteroatoms. The van der Waals surface area contributed by atoms with E-state index in [1.165, 1.54) is 5.56 Å². The smallest absolute Gasteiger partial charge is 0.0593 e. The molecule has 0 aromatic heterocycles. The monoisotopic (exact) mass is 290 g/mol. The van der Waals surface area contributed by atoms with E-state index in [1.54, 1.807) is 0 Å². The quantitative estimate of drug-likeness (QED) is 0.815. The highest BCUT2D eigenvalue weighted by Crippen LogP contribution is 2.25. The number of hydrogen-bond donors (Lipinski definition) is 1. The van der Waals surface area contributed by atoms with Gasteiger partial charge in [-0.2, -0.15) is 0 Å². The van der Waals surface area contributed by atoms with E-state index in [0.717, 1.165) is 32.8 Å². The summed E-state index contributed by atoms with van der Waals surface area (Å²) in [4.78, 5) is 2.56. The van der Waals surface area contributed by atoms with Crippen molar-refractivity contribution in [3.63, 3.8) is 0 Å². The van der Waals surface area contributed by atoms with Crippen LogP contribution in [0.15, 0.2) is 30.3 Å². The van der Waals surface area contributed by atoms with E-state index in [-0.39, 0.29) is 5.54 Å². The Hall–Kier alpha value is -0.900. The zero-order valence-corrected chi connectivity index (χ0v) is 13.9. The summed E-state index contributed by atoms with van der Waals surface area (Å²) in [6, 6.07) is 11.2. The summed E-state index contributed by atoms with van der Waals surface area (Å²) in [5.41, 5.74) is 1.56. The standard InChI is InChI=1S/C18H30N2O/c1-15(2)13-21-11-10-20-12-17(19-14-18(20,3)4)16-8-6-5-7-9-16/h5-9,15,17,19H,10-14H2,1-4H3. The Balaban J connectivity index is 1.90. The summed E-state index contributed by atoms with van der Waals surface area (Å²) in [5.74, 6) is 0.609. The minimum Gasteiger partial charge on any atom is -0.380 e. The van der Waals surface area contributed by atoms with Gasteiger partial charge in [-0.25, -0.2) is 0 Å². The molecule has 0 spiro atoms. The molecule has 1 aliphatic rings. The Bertz CT molecular complexity index is 416. The van der Waals surface area contributed by atoms with Crippen molar-refractivity contribution >= 4 is 0 Å². The van der Waals surface area contributed by atoms with E-state index < -0.39 is 0 Å². The van der Waals surface area contributed by atoms with Gasteiger partial charge in [0, 0.05) is 37.8 Å². The van der Waals surface area contributed by atoms with E-state index >= 15 is 0 Å².